The first-order valence-electron chi connectivity index (χ1n) is 8.45. The van der Waals surface area contributed by atoms with Gasteiger partial charge in [-0.1, -0.05) is 6.07 Å². The molecule has 2 aromatic heterocycles. The zero-order valence-corrected chi connectivity index (χ0v) is 14.1. The highest BCUT2D eigenvalue weighted by molar-refractivity contribution is 5.89. The first-order chi connectivity index (χ1) is 12.9. The van der Waals surface area contributed by atoms with Crippen molar-refractivity contribution in [2.45, 2.75) is 31.5 Å². The molecule has 0 saturated heterocycles. The number of carbonyl (C=O) groups is 1. The number of anilines is 1. The molecule has 2 heterocycles. The number of carbonyl (C=O) groups excluding carboxylic acids is 1. The van der Waals surface area contributed by atoms with E-state index in [1.165, 1.54) is 17.7 Å². The van der Waals surface area contributed by atoms with Crippen molar-refractivity contribution in [2.24, 2.45) is 0 Å². The summed E-state index contributed by atoms with van der Waals surface area (Å²) in [6.45, 7) is 0. The highest BCUT2D eigenvalue weighted by Gasteiger charge is 2.30. The zero-order valence-electron chi connectivity index (χ0n) is 14.1. The highest BCUT2D eigenvalue weighted by atomic mass is 19.4. The third kappa shape index (κ3) is 3.57. The van der Waals surface area contributed by atoms with Gasteiger partial charge in [-0.3, -0.25) is 5.10 Å². The van der Waals surface area contributed by atoms with Crippen LogP contribution in [0.15, 0.2) is 36.7 Å². The summed E-state index contributed by atoms with van der Waals surface area (Å²) in [5, 5.41) is 13.1. The average molecular weight is 375 g/mol. The number of nitrogens with zero attached hydrogens (tertiary/aromatic N) is 2. The molecule has 140 valence electrons. The minimum absolute atomic E-state index is 0.0975. The molecular formula is C18H16F3N5O. The molecular weight excluding hydrogens is 359 g/mol. The van der Waals surface area contributed by atoms with Crippen LogP contribution in [0.1, 0.15) is 23.1 Å². The Hall–Kier alpha value is -3.10. The molecule has 0 aliphatic heterocycles. The number of aryl methyl sites for hydroxylation is 1. The summed E-state index contributed by atoms with van der Waals surface area (Å²) in [4.78, 5) is 16.5. The summed E-state index contributed by atoms with van der Waals surface area (Å²) < 4.78 is 38.3. The minimum atomic E-state index is -4.45. The van der Waals surface area contributed by atoms with Crippen molar-refractivity contribution in [3.63, 3.8) is 0 Å². The predicted octanol–water partition coefficient (Wildman–Crippen LogP) is 3.66. The lowest BCUT2D eigenvalue weighted by Gasteiger charge is -2.25. The molecule has 9 heteroatoms. The summed E-state index contributed by atoms with van der Waals surface area (Å²) in [6.07, 6.45) is 1.17. The number of amides is 2. The van der Waals surface area contributed by atoms with Gasteiger partial charge in [0.05, 0.1) is 11.8 Å². The third-order valence-corrected chi connectivity index (χ3v) is 4.67. The van der Waals surface area contributed by atoms with E-state index in [1.54, 1.807) is 12.4 Å². The van der Waals surface area contributed by atoms with Crippen molar-refractivity contribution in [3.8, 4) is 0 Å². The fourth-order valence-corrected chi connectivity index (χ4v) is 3.40. The lowest BCUT2D eigenvalue weighted by atomic mass is 9.88. The van der Waals surface area contributed by atoms with Crippen molar-refractivity contribution >= 4 is 22.8 Å². The van der Waals surface area contributed by atoms with Crippen molar-refractivity contribution < 1.29 is 18.0 Å². The fourth-order valence-electron chi connectivity index (χ4n) is 3.40. The van der Waals surface area contributed by atoms with Crippen LogP contribution < -0.4 is 10.6 Å². The maximum absolute atomic E-state index is 12.8. The van der Waals surface area contributed by atoms with E-state index in [0.29, 0.717) is 6.42 Å². The molecule has 1 aliphatic rings. The Balaban J connectivity index is 1.42. The number of fused-ring (bicyclic) bond motifs is 3. The van der Waals surface area contributed by atoms with Crippen molar-refractivity contribution in [1.29, 1.82) is 0 Å². The van der Waals surface area contributed by atoms with Crippen LogP contribution in [0.3, 0.4) is 0 Å². The second-order valence-corrected chi connectivity index (χ2v) is 6.51. The van der Waals surface area contributed by atoms with Gasteiger partial charge in [0.25, 0.3) is 0 Å². The topological polar surface area (TPSA) is 82.7 Å². The van der Waals surface area contributed by atoms with Gasteiger partial charge in [-0.05, 0) is 48.6 Å². The number of rotatable bonds is 2. The number of aromatic nitrogens is 3. The molecule has 0 saturated carbocycles. The number of urea groups is 1. The number of benzene rings is 1. The number of alkyl halides is 3. The van der Waals surface area contributed by atoms with Crippen LogP contribution in [-0.4, -0.2) is 27.3 Å². The minimum Gasteiger partial charge on any atom is -0.335 e. The highest BCUT2D eigenvalue weighted by Crippen LogP contribution is 2.31. The SMILES string of the molecule is O=C(Nc1cccc(C(F)(F)F)c1)NC1CCc2c(cnc3[nH]ncc23)C1. The molecule has 0 radical (unpaired) electrons. The number of halogens is 3. The van der Waals surface area contributed by atoms with Gasteiger partial charge in [0.1, 0.15) is 0 Å². The van der Waals surface area contributed by atoms with E-state index < -0.39 is 17.8 Å². The van der Waals surface area contributed by atoms with Gasteiger partial charge in [0.2, 0.25) is 0 Å². The van der Waals surface area contributed by atoms with Crippen LogP contribution in [0, 0.1) is 0 Å². The van der Waals surface area contributed by atoms with Gasteiger partial charge in [-0.25, -0.2) is 9.78 Å². The molecule has 2 amide bonds. The van der Waals surface area contributed by atoms with E-state index in [2.05, 4.69) is 25.8 Å². The first-order valence-corrected chi connectivity index (χ1v) is 8.45. The third-order valence-electron chi connectivity index (χ3n) is 4.67. The summed E-state index contributed by atoms with van der Waals surface area (Å²) >= 11 is 0. The van der Waals surface area contributed by atoms with Crippen LogP contribution in [0.5, 0.6) is 0 Å². The number of nitrogens with one attached hydrogen (secondary N) is 3. The van der Waals surface area contributed by atoms with Gasteiger partial charge in [-0.2, -0.15) is 18.3 Å². The van der Waals surface area contributed by atoms with E-state index in [0.717, 1.165) is 41.6 Å². The quantitative estimate of drug-likeness (QED) is 0.639. The summed E-state index contributed by atoms with van der Waals surface area (Å²) in [7, 11) is 0. The molecule has 1 atom stereocenters. The molecule has 0 fully saturated rings. The molecule has 0 bridgehead atoms. The van der Waals surface area contributed by atoms with Crippen LogP contribution in [-0.2, 0) is 19.0 Å². The van der Waals surface area contributed by atoms with Crippen molar-refractivity contribution in [2.75, 3.05) is 5.32 Å². The van der Waals surface area contributed by atoms with E-state index >= 15 is 0 Å². The normalized spacial score (nSPS) is 16.8. The number of hydrogen-bond donors (Lipinski definition) is 3. The molecule has 3 aromatic rings. The van der Waals surface area contributed by atoms with Gasteiger partial charge in [0, 0.05) is 23.3 Å². The van der Waals surface area contributed by atoms with Crippen LogP contribution in [0.4, 0.5) is 23.7 Å². The number of pyridine rings is 1. The van der Waals surface area contributed by atoms with E-state index in [9.17, 15) is 18.0 Å². The van der Waals surface area contributed by atoms with Crippen LogP contribution in [0.25, 0.3) is 11.0 Å². The largest absolute Gasteiger partial charge is 0.416 e. The zero-order chi connectivity index (χ0) is 19.0. The number of aromatic amines is 1. The Morgan fingerprint density at radius 3 is 2.93 bits per heavy atom. The lowest BCUT2D eigenvalue weighted by molar-refractivity contribution is -0.137. The average Bonchev–Trinajstić information content (AvgIpc) is 3.10. The molecule has 1 aliphatic carbocycles. The Bertz CT molecular complexity index is 998. The Morgan fingerprint density at radius 1 is 1.26 bits per heavy atom. The van der Waals surface area contributed by atoms with Gasteiger partial charge >= 0.3 is 12.2 Å². The van der Waals surface area contributed by atoms with Crippen molar-refractivity contribution in [3.05, 3.63) is 53.3 Å². The van der Waals surface area contributed by atoms with Gasteiger partial charge < -0.3 is 10.6 Å². The van der Waals surface area contributed by atoms with Gasteiger partial charge in [0.15, 0.2) is 5.65 Å². The van der Waals surface area contributed by atoms with E-state index in [1.807, 2.05) is 0 Å². The monoisotopic (exact) mass is 375 g/mol. The number of H-pyrrole nitrogens is 1. The van der Waals surface area contributed by atoms with E-state index in [-0.39, 0.29) is 11.7 Å². The Morgan fingerprint density at radius 2 is 2.11 bits per heavy atom. The molecule has 27 heavy (non-hydrogen) atoms. The molecule has 6 nitrogen and oxygen atoms in total. The molecule has 4 rings (SSSR count). The van der Waals surface area contributed by atoms with Gasteiger partial charge in [-0.15, -0.1) is 0 Å². The molecule has 3 N–H and O–H groups in total. The molecule has 0 spiro atoms. The van der Waals surface area contributed by atoms with Crippen molar-refractivity contribution in [1.82, 2.24) is 20.5 Å². The summed E-state index contributed by atoms with van der Waals surface area (Å²) in [5.41, 5.74) is 2.24. The Labute approximate surface area is 152 Å². The predicted molar refractivity (Wildman–Crippen MR) is 93.3 cm³/mol. The lowest BCUT2D eigenvalue weighted by Crippen LogP contribution is -2.41. The summed E-state index contributed by atoms with van der Waals surface area (Å²) in [6, 6.07) is 3.91. The molecule has 1 aromatic carbocycles. The fraction of sp³-hybridized carbons (Fsp3) is 0.278. The first kappa shape index (κ1) is 17.3. The Kier molecular flexibility index (Phi) is 4.21. The smallest absolute Gasteiger partial charge is 0.335 e. The maximum Gasteiger partial charge on any atom is 0.416 e. The van der Waals surface area contributed by atoms with E-state index in [4.69, 9.17) is 0 Å². The maximum atomic E-state index is 12.8. The molecule has 1 unspecified atom stereocenters. The second kappa shape index (κ2) is 6.57. The van der Waals surface area contributed by atoms with Crippen LogP contribution in [0.2, 0.25) is 0 Å². The number of hydrogen-bond acceptors (Lipinski definition) is 3. The summed E-state index contributed by atoms with van der Waals surface area (Å²) in [5.74, 6) is 0. The van der Waals surface area contributed by atoms with Crippen LogP contribution >= 0.6 is 0 Å². The standard InChI is InChI=1S/C18H16F3N5O/c19-18(20,21)11-2-1-3-12(7-11)24-17(27)25-13-4-5-14-10(6-13)8-22-16-15(14)9-23-26-16/h1-3,7-9,13H,4-6H2,(H,22,23,26)(H2,24,25,27). The second-order valence-electron chi connectivity index (χ2n) is 6.51.